The van der Waals surface area contributed by atoms with Crippen LogP contribution >= 0.6 is 0 Å². The van der Waals surface area contributed by atoms with E-state index in [1.54, 1.807) is 0 Å². The van der Waals surface area contributed by atoms with Gasteiger partial charge in [0.15, 0.2) is 0 Å². The van der Waals surface area contributed by atoms with Gasteiger partial charge in [0, 0.05) is 43.3 Å². The molecule has 2 N–H and O–H groups in total. The highest BCUT2D eigenvalue weighted by Crippen LogP contribution is 2.20. The summed E-state index contributed by atoms with van der Waals surface area (Å²) in [5.74, 6) is -0.883. The first-order chi connectivity index (χ1) is 9.38. The summed E-state index contributed by atoms with van der Waals surface area (Å²) < 4.78 is 26.9. The van der Waals surface area contributed by atoms with E-state index in [9.17, 15) is 8.78 Å². The Labute approximate surface area is 119 Å². The normalized spacial score (nSPS) is 26.7. The minimum absolute atomic E-state index is 0.254. The van der Waals surface area contributed by atoms with Crippen molar-refractivity contribution < 1.29 is 8.78 Å². The largest absolute Gasteiger partial charge is 0.323 e. The third-order valence-electron chi connectivity index (χ3n) is 4.25. The van der Waals surface area contributed by atoms with Gasteiger partial charge in [-0.05, 0) is 39.1 Å². The Morgan fingerprint density at radius 3 is 2.45 bits per heavy atom. The van der Waals surface area contributed by atoms with E-state index in [4.69, 9.17) is 5.73 Å². The molecule has 5 heteroatoms. The third kappa shape index (κ3) is 3.34. The topological polar surface area (TPSA) is 32.5 Å². The summed E-state index contributed by atoms with van der Waals surface area (Å²) in [5.41, 5.74) is 6.31. The predicted molar refractivity (Wildman–Crippen MR) is 76.4 cm³/mol. The van der Waals surface area contributed by atoms with Crippen molar-refractivity contribution in [2.24, 2.45) is 5.73 Å². The molecule has 0 amide bonds. The van der Waals surface area contributed by atoms with E-state index >= 15 is 0 Å². The Balaban J connectivity index is 2.04. The van der Waals surface area contributed by atoms with E-state index in [1.807, 2.05) is 0 Å². The quantitative estimate of drug-likeness (QED) is 0.921. The number of likely N-dealkylation sites (N-methyl/N-ethyl adjacent to an activating group) is 1. The zero-order valence-electron chi connectivity index (χ0n) is 12.3. The molecule has 2 rings (SSSR count). The van der Waals surface area contributed by atoms with Crippen LogP contribution < -0.4 is 5.73 Å². The van der Waals surface area contributed by atoms with Gasteiger partial charge in [-0.15, -0.1) is 0 Å². The Morgan fingerprint density at radius 2 is 1.85 bits per heavy atom. The van der Waals surface area contributed by atoms with Crippen LogP contribution in [0.2, 0.25) is 0 Å². The molecule has 3 unspecified atom stereocenters. The van der Waals surface area contributed by atoms with E-state index in [0.717, 1.165) is 25.2 Å². The monoisotopic (exact) mass is 283 g/mol. The Hall–Kier alpha value is -1.04. The van der Waals surface area contributed by atoms with E-state index in [2.05, 4.69) is 30.7 Å². The lowest BCUT2D eigenvalue weighted by Crippen LogP contribution is -2.55. The second kappa shape index (κ2) is 6.16. The lowest BCUT2D eigenvalue weighted by molar-refractivity contribution is 0.0564. The van der Waals surface area contributed by atoms with Crippen LogP contribution in [0.3, 0.4) is 0 Å². The molecule has 0 saturated carbocycles. The van der Waals surface area contributed by atoms with Crippen molar-refractivity contribution in [1.29, 1.82) is 0 Å². The molecule has 0 spiro atoms. The minimum atomic E-state index is -0.506. The molecule has 20 heavy (non-hydrogen) atoms. The minimum Gasteiger partial charge on any atom is -0.323 e. The van der Waals surface area contributed by atoms with E-state index < -0.39 is 17.7 Å². The van der Waals surface area contributed by atoms with Crippen LogP contribution in [0.25, 0.3) is 0 Å². The van der Waals surface area contributed by atoms with Gasteiger partial charge in [0.25, 0.3) is 0 Å². The summed E-state index contributed by atoms with van der Waals surface area (Å²) in [6.07, 6.45) is 0. The highest BCUT2D eigenvalue weighted by atomic mass is 19.1. The van der Waals surface area contributed by atoms with Gasteiger partial charge in [0.05, 0.1) is 0 Å². The van der Waals surface area contributed by atoms with Crippen LogP contribution in [0.4, 0.5) is 8.78 Å². The molecule has 3 nitrogen and oxygen atoms in total. The standard InChI is InChI=1S/C15H23F2N3/c1-10-7-20(8-11(2)19(10)3)9-15(18)13-6-12(16)4-5-14(13)17/h4-6,10-11,15H,7-9,18H2,1-3H3. The maximum absolute atomic E-state index is 13.7. The highest BCUT2D eigenvalue weighted by Gasteiger charge is 2.28. The number of hydrogen-bond acceptors (Lipinski definition) is 3. The molecule has 0 bridgehead atoms. The number of nitrogens with zero attached hydrogens (tertiary/aromatic N) is 2. The first-order valence-corrected chi connectivity index (χ1v) is 7.03. The molecular formula is C15H23F2N3. The van der Waals surface area contributed by atoms with Gasteiger partial charge in [0.1, 0.15) is 11.6 Å². The second-order valence-electron chi connectivity index (χ2n) is 5.85. The number of hydrogen-bond donors (Lipinski definition) is 1. The van der Waals surface area contributed by atoms with Gasteiger partial charge in [-0.1, -0.05) is 0 Å². The number of halogens is 2. The number of rotatable bonds is 3. The van der Waals surface area contributed by atoms with Crippen molar-refractivity contribution in [1.82, 2.24) is 9.80 Å². The molecule has 3 atom stereocenters. The first kappa shape index (κ1) is 15.4. The Kier molecular flexibility index (Phi) is 4.73. The highest BCUT2D eigenvalue weighted by molar-refractivity contribution is 5.22. The third-order valence-corrected chi connectivity index (χ3v) is 4.25. The van der Waals surface area contributed by atoms with Gasteiger partial charge in [-0.2, -0.15) is 0 Å². The molecule has 1 saturated heterocycles. The average Bonchev–Trinajstić information content (AvgIpc) is 2.38. The predicted octanol–water partition coefficient (Wildman–Crippen LogP) is 1.99. The number of nitrogens with two attached hydrogens (primary N) is 1. The fourth-order valence-electron chi connectivity index (χ4n) is 2.84. The summed E-state index contributed by atoms with van der Waals surface area (Å²) in [6.45, 7) is 6.66. The maximum atomic E-state index is 13.7. The van der Waals surface area contributed by atoms with E-state index in [-0.39, 0.29) is 5.56 Å². The lowest BCUT2D eigenvalue weighted by Gasteiger charge is -2.43. The average molecular weight is 283 g/mol. The summed E-state index contributed by atoms with van der Waals surface area (Å²) in [7, 11) is 2.11. The lowest BCUT2D eigenvalue weighted by atomic mass is 10.0. The first-order valence-electron chi connectivity index (χ1n) is 7.03. The van der Waals surface area contributed by atoms with Crippen LogP contribution in [0.1, 0.15) is 25.5 Å². The summed E-state index contributed by atoms with van der Waals surface area (Å²) in [6, 6.07) is 3.81. The van der Waals surface area contributed by atoms with Gasteiger partial charge in [-0.3, -0.25) is 9.80 Å². The van der Waals surface area contributed by atoms with Crippen LogP contribution in [0, 0.1) is 11.6 Å². The van der Waals surface area contributed by atoms with Gasteiger partial charge in [-0.25, -0.2) is 8.78 Å². The van der Waals surface area contributed by atoms with Crippen LogP contribution in [-0.2, 0) is 0 Å². The van der Waals surface area contributed by atoms with Gasteiger partial charge >= 0.3 is 0 Å². The molecule has 1 aromatic rings. The molecule has 1 aliphatic heterocycles. The molecule has 0 aliphatic carbocycles. The zero-order chi connectivity index (χ0) is 14.9. The fraction of sp³-hybridized carbons (Fsp3) is 0.600. The SMILES string of the molecule is CC1CN(CC(N)c2cc(F)ccc2F)CC(C)N1C. The molecule has 0 aromatic heterocycles. The molecule has 1 heterocycles. The zero-order valence-corrected chi connectivity index (χ0v) is 12.3. The molecule has 1 aliphatic rings. The summed E-state index contributed by atoms with van der Waals surface area (Å²) >= 11 is 0. The maximum Gasteiger partial charge on any atom is 0.128 e. The fourth-order valence-corrected chi connectivity index (χ4v) is 2.84. The molecule has 112 valence electrons. The smallest absolute Gasteiger partial charge is 0.128 e. The van der Waals surface area contributed by atoms with Crippen molar-refractivity contribution in [2.45, 2.75) is 32.0 Å². The number of piperazine rings is 1. The van der Waals surface area contributed by atoms with Crippen molar-refractivity contribution in [3.8, 4) is 0 Å². The molecule has 1 aromatic carbocycles. The van der Waals surface area contributed by atoms with Crippen molar-refractivity contribution in [3.63, 3.8) is 0 Å². The van der Waals surface area contributed by atoms with Crippen molar-refractivity contribution >= 4 is 0 Å². The van der Waals surface area contributed by atoms with Crippen LogP contribution in [0.5, 0.6) is 0 Å². The second-order valence-corrected chi connectivity index (χ2v) is 5.85. The molecule has 1 fully saturated rings. The summed E-state index contributed by atoms with van der Waals surface area (Å²) in [4.78, 5) is 4.55. The van der Waals surface area contributed by atoms with E-state index in [0.29, 0.717) is 18.6 Å². The Morgan fingerprint density at radius 1 is 1.25 bits per heavy atom. The Bertz CT molecular complexity index is 454. The van der Waals surface area contributed by atoms with Crippen molar-refractivity contribution in [2.75, 3.05) is 26.7 Å². The van der Waals surface area contributed by atoms with Gasteiger partial charge in [0.2, 0.25) is 0 Å². The van der Waals surface area contributed by atoms with Gasteiger partial charge < -0.3 is 5.73 Å². The van der Waals surface area contributed by atoms with Crippen molar-refractivity contribution in [3.05, 3.63) is 35.4 Å². The van der Waals surface area contributed by atoms with Crippen LogP contribution in [0.15, 0.2) is 18.2 Å². The molecular weight excluding hydrogens is 260 g/mol. The summed E-state index contributed by atoms with van der Waals surface area (Å²) in [5, 5.41) is 0. The number of benzene rings is 1. The van der Waals surface area contributed by atoms with E-state index in [1.165, 1.54) is 6.07 Å². The van der Waals surface area contributed by atoms with Crippen LogP contribution in [-0.4, -0.2) is 48.6 Å². The molecule has 0 radical (unpaired) electrons.